The van der Waals surface area contributed by atoms with Gasteiger partial charge in [-0.1, -0.05) is 0 Å². The van der Waals surface area contributed by atoms with E-state index in [1.807, 2.05) is 0 Å². The zero-order valence-electron chi connectivity index (χ0n) is 14.0. The Bertz CT molecular complexity index is 672. The number of nitrogens with one attached hydrogen (secondary N) is 1. The molecule has 1 fully saturated rings. The lowest BCUT2D eigenvalue weighted by atomic mass is 10.1. The first-order valence-corrected chi connectivity index (χ1v) is 8.63. The average Bonchev–Trinajstić information content (AvgIpc) is 3.27. The number of aliphatic hydroxyl groups is 1. The summed E-state index contributed by atoms with van der Waals surface area (Å²) in [5.41, 5.74) is 0.595. The van der Waals surface area contributed by atoms with Gasteiger partial charge >= 0.3 is 0 Å². The van der Waals surface area contributed by atoms with Gasteiger partial charge in [0.15, 0.2) is 0 Å². The minimum absolute atomic E-state index is 0.0937. The summed E-state index contributed by atoms with van der Waals surface area (Å²) in [7, 11) is 0. The number of halogens is 1. The van der Waals surface area contributed by atoms with Crippen LogP contribution in [0.4, 0.5) is 10.1 Å². The van der Waals surface area contributed by atoms with Crippen LogP contribution in [-0.2, 0) is 4.79 Å². The lowest BCUT2D eigenvalue weighted by Crippen LogP contribution is -2.33. The van der Waals surface area contributed by atoms with Crippen molar-refractivity contribution < 1.29 is 18.7 Å². The summed E-state index contributed by atoms with van der Waals surface area (Å²) in [5, 5.41) is 13.0. The molecule has 1 aromatic heterocycles. The lowest BCUT2D eigenvalue weighted by molar-refractivity contribution is -0.116. The van der Waals surface area contributed by atoms with E-state index >= 15 is 0 Å². The fraction of sp³-hybridized carbons (Fsp3) is 0.421. The van der Waals surface area contributed by atoms with E-state index in [-0.39, 0.29) is 17.8 Å². The number of nitrogens with zero attached hydrogens (tertiary/aromatic N) is 1. The molecule has 0 radical (unpaired) electrons. The number of likely N-dealkylation sites (tertiary alicyclic amines) is 1. The van der Waals surface area contributed by atoms with Crippen LogP contribution in [0.2, 0.25) is 0 Å². The standard InChI is InChI=1S/C19H23FN2O3/c20-14-5-7-15(8-6-14)21-19(24)9-11-22-10-1-3-16(22)13-17(23)18-4-2-12-25-18/h2,4-8,12,16-17,23H,1,3,9-11,13H2,(H,21,24). The number of carbonyl (C=O) groups excluding carboxylic acids is 1. The second-order valence-electron chi connectivity index (χ2n) is 6.40. The smallest absolute Gasteiger partial charge is 0.225 e. The van der Waals surface area contributed by atoms with Gasteiger partial charge in [0, 0.05) is 24.7 Å². The van der Waals surface area contributed by atoms with Gasteiger partial charge in [0.1, 0.15) is 17.7 Å². The van der Waals surface area contributed by atoms with E-state index < -0.39 is 6.10 Å². The Morgan fingerprint density at radius 3 is 2.88 bits per heavy atom. The van der Waals surface area contributed by atoms with Gasteiger partial charge in [0.2, 0.25) is 5.91 Å². The summed E-state index contributed by atoms with van der Waals surface area (Å²) >= 11 is 0. The van der Waals surface area contributed by atoms with Crippen LogP contribution in [0.1, 0.15) is 37.5 Å². The summed E-state index contributed by atoms with van der Waals surface area (Å²) in [6, 6.07) is 9.53. The summed E-state index contributed by atoms with van der Waals surface area (Å²) in [4.78, 5) is 14.3. The molecule has 0 saturated carbocycles. The SMILES string of the molecule is O=C(CCN1CCCC1CC(O)c1ccco1)Nc1ccc(F)cc1. The highest BCUT2D eigenvalue weighted by atomic mass is 19.1. The molecule has 0 spiro atoms. The molecule has 25 heavy (non-hydrogen) atoms. The highest BCUT2D eigenvalue weighted by Crippen LogP contribution is 2.27. The molecule has 1 aliphatic heterocycles. The second kappa shape index (κ2) is 8.27. The van der Waals surface area contributed by atoms with Crippen LogP contribution in [0.15, 0.2) is 47.1 Å². The van der Waals surface area contributed by atoms with E-state index in [4.69, 9.17) is 4.42 Å². The number of furan rings is 1. The number of carbonyl (C=O) groups is 1. The van der Waals surface area contributed by atoms with Crippen LogP contribution in [-0.4, -0.2) is 35.0 Å². The van der Waals surface area contributed by atoms with Crippen LogP contribution < -0.4 is 5.32 Å². The van der Waals surface area contributed by atoms with Gasteiger partial charge in [-0.2, -0.15) is 0 Å². The van der Waals surface area contributed by atoms with E-state index in [0.29, 0.717) is 30.8 Å². The molecule has 2 heterocycles. The van der Waals surface area contributed by atoms with Gasteiger partial charge in [-0.15, -0.1) is 0 Å². The van der Waals surface area contributed by atoms with Crippen molar-refractivity contribution in [1.82, 2.24) is 4.90 Å². The van der Waals surface area contributed by atoms with E-state index in [1.54, 1.807) is 30.5 Å². The maximum Gasteiger partial charge on any atom is 0.225 e. The maximum absolute atomic E-state index is 12.9. The molecule has 2 unspecified atom stereocenters. The third-order valence-electron chi connectivity index (χ3n) is 4.62. The van der Waals surface area contributed by atoms with E-state index in [2.05, 4.69) is 10.2 Å². The monoisotopic (exact) mass is 346 g/mol. The van der Waals surface area contributed by atoms with Crippen molar-refractivity contribution in [2.75, 3.05) is 18.4 Å². The molecule has 2 N–H and O–H groups in total. The fourth-order valence-corrected chi connectivity index (χ4v) is 3.31. The van der Waals surface area contributed by atoms with Crippen molar-refractivity contribution in [2.24, 2.45) is 0 Å². The zero-order chi connectivity index (χ0) is 17.6. The first-order valence-electron chi connectivity index (χ1n) is 8.63. The van der Waals surface area contributed by atoms with Gasteiger partial charge in [-0.3, -0.25) is 9.69 Å². The number of aliphatic hydroxyl groups excluding tert-OH is 1. The number of hydrogen-bond acceptors (Lipinski definition) is 4. The first-order chi connectivity index (χ1) is 12.1. The Hall–Kier alpha value is -2.18. The number of benzene rings is 1. The van der Waals surface area contributed by atoms with E-state index in [1.165, 1.54) is 12.1 Å². The number of anilines is 1. The molecule has 0 aliphatic carbocycles. The minimum Gasteiger partial charge on any atom is -0.467 e. The number of rotatable bonds is 7. The highest BCUT2D eigenvalue weighted by molar-refractivity contribution is 5.90. The average molecular weight is 346 g/mol. The maximum atomic E-state index is 12.9. The van der Waals surface area contributed by atoms with Crippen molar-refractivity contribution in [1.29, 1.82) is 0 Å². The number of amides is 1. The molecule has 5 nitrogen and oxygen atoms in total. The molecule has 0 bridgehead atoms. The third-order valence-corrected chi connectivity index (χ3v) is 4.62. The number of hydrogen-bond donors (Lipinski definition) is 2. The van der Waals surface area contributed by atoms with Crippen molar-refractivity contribution in [3.63, 3.8) is 0 Å². The largest absolute Gasteiger partial charge is 0.467 e. The van der Waals surface area contributed by atoms with Crippen molar-refractivity contribution in [3.8, 4) is 0 Å². The predicted molar refractivity (Wildman–Crippen MR) is 92.5 cm³/mol. The summed E-state index contributed by atoms with van der Waals surface area (Å²) in [5.74, 6) is 0.165. The molecule has 1 amide bonds. The van der Waals surface area contributed by atoms with Crippen molar-refractivity contribution in [2.45, 2.75) is 37.8 Å². The quantitative estimate of drug-likeness (QED) is 0.807. The second-order valence-corrected chi connectivity index (χ2v) is 6.40. The topological polar surface area (TPSA) is 65.7 Å². The van der Waals surface area contributed by atoms with Crippen molar-refractivity contribution >= 4 is 11.6 Å². The Kier molecular flexibility index (Phi) is 5.83. The van der Waals surface area contributed by atoms with Crippen LogP contribution in [0.25, 0.3) is 0 Å². The summed E-state index contributed by atoms with van der Waals surface area (Å²) in [6.45, 7) is 1.57. The van der Waals surface area contributed by atoms with Gasteiger partial charge in [-0.25, -0.2) is 4.39 Å². The van der Waals surface area contributed by atoms with Crippen molar-refractivity contribution in [3.05, 3.63) is 54.2 Å². The molecule has 6 heteroatoms. The highest BCUT2D eigenvalue weighted by Gasteiger charge is 2.28. The molecule has 3 rings (SSSR count). The minimum atomic E-state index is -0.617. The molecule has 1 aromatic carbocycles. The molecule has 134 valence electrons. The van der Waals surface area contributed by atoms with Crippen LogP contribution in [0.5, 0.6) is 0 Å². The third kappa shape index (κ3) is 4.90. The fourth-order valence-electron chi connectivity index (χ4n) is 3.31. The molecule has 2 aromatic rings. The molecule has 1 aliphatic rings. The Balaban J connectivity index is 1.46. The molecular weight excluding hydrogens is 323 g/mol. The Morgan fingerprint density at radius 2 is 2.16 bits per heavy atom. The Labute approximate surface area is 146 Å². The van der Waals surface area contributed by atoms with Crippen LogP contribution in [0, 0.1) is 5.82 Å². The Morgan fingerprint density at radius 1 is 1.36 bits per heavy atom. The van der Waals surface area contributed by atoms with E-state index in [9.17, 15) is 14.3 Å². The predicted octanol–water partition coefficient (Wildman–Crippen LogP) is 3.34. The van der Waals surface area contributed by atoms with Gasteiger partial charge in [0.25, 0.3) is 0 Å². The molecule has 1 saturated heterocycles. The van der Waals surface area contributed by atoms with E-state index in [0.717, 1.165) is 19.4 Å². The van der Waals surface area contributed by atoms with Crippen LogP contribution in [0.3, 0.4) is 0 Å². The van der Waals surface area contributed by atoms with Crippen LogP contribution >= 0.6 is 0 Å². The van der Waals surface area contributed by atoms with Gasteiger partial charge in [0.05, 0.1) is 6.26 Å². The molecule has 2 atom stereocenters. The molecular formula is C19H23FN2O3. The lowest BCUT2D eigenvalue weighted by Gasteiger charge is -2.25. The van der Waals surface area contributed by atoms with Gasteiger partial charge in [-0.05, 0) is 62.2 Å². The normalized spacial score (nSPS) is 19.0. The summed E-state index contributed by atoms with van der Waals surface area (Å²) < 4.78 is 18.1. The van der Waals surface area contributed by atoms with Gasteiger partial charge < -0.3 is 14.8 Å². The first kappa shape index (κ1) is 17.6. The summed E-state index contributed by atoms with van der Waals surface area (Å²) in [6.07, 6.45) is 3.99. The zero-order valence-corrected chi connectivity index (χ0v) is 14.0.